The molecule has 0 bridgehead atoms. The third-order valence-electron chi connectivity index (χ3n) is 6.33. The average Bonchev–Trinajstić information content (AvgIpc) is 3.59. The van der Waals surface area contributed by atoms with Gasteiger partial charge in [-0.1, -0.05) is 41.9 Å². The lowest BCUT2D eigenvalue weighted by Gasteiger charge is -2.27. The first-order valence-electron chi connectivity index (χ1n) is 11.0. The number of benzene rings is 1. The maximum Gasteiger partial charge on any atom is 0.279 e. The van der Waals surface area contributed by atoms with Gasteiger partial charge in [0, 0.05) is 18.9 Å². The van der Waals surface area contributed by atoms with E-state index in [2.05, 4.69) is 25.9 Å². The van der Waals surface area contributed by atoms with Crippen LogP contribution in [0.2, 0.25) is 5.02 Å². The van der Waals surface area contributed by atoms with Gasteiger partial charge >= 0.3 is 0 Å². The Labute approximate surface area is 212 Å². The van der Waals surface area contributed by atoms with E-state index in [9.17, 15) is 10.1 Å². The molecule has 0 aliphatic carbocycles. The van der Waals surface area contributed by atoms with Crippen LogP contribution in [0.25, 0.3) is 16.6 Å². The van der Waals surface area contributed by atoms with E-state index in [1.165, 1.54) is 6.33 Å². The molecule has 0 spiro atoms. The first kappa shape index (κ1) is 23.0. The van der Waals surface area contributed by atoms with Crippen molar-refractivity contribution in [2.24, 2.45) is 0 Å². The monoisotopic (exact) mass is 504 g/mol. The van der Waals surface area contributed by atoms with Gasteiger partial charge in [-0.2, -0.15) is 23.9 Å². The van der Waals surface area contributed by atoms with E-state index in [-0.39, 0.29) is 25.1 Å². The largest absolute Gasteiger partial charge is 0.346 e. The summed E-state index contributed by atoms with van der Waals surface area (Å²) < 4.78 is 3.27. The van der Waals surface area contributed by atoms with Gasteiger partial charge in [-0.15, -0.1) is 0 Å². The molecule has 1 saturated heterocycles. The van der Waals surface area contributed by atoms with E-state index < -0.39 is 0 Å². The van der Waals surface area contributed by atoms with E-state index in [1.807, 2.05) is 30.3 Å². The number of anilines is 1. The van der Waals surface area contributed by atoms with E-state index in [0.29, 0.717) is 45.3 Å². The topological polar surface area (TPSA) is 108 Å². The molecule has 1 N–H and O–H groups in total. The Morgan fingerprint density at radius 1 is 1.20 bits per heavy atom. The Kier molecular flexibility index (Phi) is 5.96. The van der Waals surface area contributed by atoms with Crippen molar-refractivity contribution < 1.29 is 0 Å². The van der Waals surface area contributed by atoms with E-state index >= 15 is 0 Å². The van der Waals surface area contributed by atoms with Gasteiger partial charge < -0.3 is 9.88 Å². The van der Waals surface area contributed by atoms with Crippen molar-refractivity contribution in [3.8, 4) is 6.07 Å². The van der Waals surface area contributed by atoms with Crippen molar-refractivity contribution in [3.63, 3.8) is 0 Å². The normalized spacial score (nSPS) is 15.4. The highest BCUT2D eigenvalue weighted by molar-refractivity contribution is 7.59. The van der Waals surface area contributed by atoms with Crippen molar-refractivity contribution in [1.82, 2.24) is 29.1 Å². The molecule has 176 valence electrons. The summed E-state index contributed by atoms with van der Waals surface area (Å²) in [4.78, 5) is 27.6. The minimum Gasteiger partial charge on any atom is -0.346 e. The molecular weight excluding hydrogens is 484 g/mol. The second-order valence-electron chi connectivity index (χ2n) is 8.28. The zero-order chi connectivity index (χ0) is 23.2. The summed E-state index contributed by atoms with van der Waals surface area (Å²) in [7, 11) is 0. The Balaban J connectivity index is 0.00000253. The van der Waals surface area contributed by atoms with Crippen LogP contribution in [0.1, 0.15) is 35.8 Å². The summed E-state index contributed by atoms with van der Waals surface area (Å²) in [6.45, 7) is 1.09. The van der Waals surface area contributed by atoms with Crippen LogP contribution in [-0.2, 0) is 6.54 Å². The standard InChI is InChI=1S/C24H19ClN8O.H2S/c25-17-8-10-33-20(17)24(34)32(13-15-5-2-1-3-6-15)22(30-33)18-7-4-9-31(18)23-19-16(11-26)12-27-21(19)28-14-29-23;/h1-3,5-6,8,10,12,14,18H,4,7,9,13H2,(H,27,28,29);1H2/t18-;/m0./s1. The van der Waals surface area contributed by atoms with Crippen molar-refractivity contribution in [2.45, 2.75) is 25.4 Å². The molecule has 1 aliphatic heterocycles. The average molecular weight is 505 g/mol. The predicted octanol–water partition coefficient (Wildman–Crippen LogP) is 3.79. The van der Waals surface area contributed by atoms with Gasteiger partial charge in [0.1, 0.15) is 29.4 Å². The van der Waals surface area contributed by atoms with Crippen LogP contribution in [0.15, 0.2) is 59.9 Å². The Hall–Kier alpha value is -3.81. The molecule has 5 aromatic rings. The van der Waals surface area contributed by atoms with Gasteiger partial charge in [-0.3, -0.25) is 9.36 Å². The maximum absolute atomic E-state index is 13.6. The molecule has 1 aromatic carbocycles. The summed E-state index contributed by atoms with van der Waals surface area (Å²) in [5, 5.41) is 15.5. The molecule has 0 amide bonds. The highest BCUT2D eigenvalue weighted by atomic mass is 35.5. The molecule has 0 radical (unpaired) electrons. The highest BCUT2D eigenvalue weighted by Gasteiger charge is 2.33. The van der Waals surface area contributed by atoms with Crippen LogP contribution in [0.3, 0.4) is 0 Å². The molecule has 1 aliphatic rings. The molecule has 0 saturated carbocycles. The third-order valence-corrected chi connectivity index (χ3v) is 6.63. The smallest absolute Gasteiger partial charge is 0.279 e. The predicted molar refractivity (Wildman–Crippen MR) is 138 cm³/mol. The molecule has 0 unspecified atom stereocenters. The number of aromatic nitrogens is 6. The lowest BCUT2D eigenvalue weighted by molar-refractivity contribution is 0.555. The number of aromatic amines is 1. The summed E-state index contributed by atoms with van der Waals surface area (Å²) in [5.74, 6) is 1.29. The molecule has 1 fully saturated rings. The van der Waals surface area contributed by atoms with Crippen molar-refractivity contribution in [2.75, 3.05) is 11.4 Å². The van der Waals surface area contributed by atoms with Crippen LogP contribution >= 0.6 is 25.1 Å². The van der Waals surface area contributed by atoms with Gasteiger partial charge in [0.25, 0.3) is 5.56 Å². The number of fused-ring (bicyclic) bond motifs is 2. The van der Waals surface area contributed by atoms with Crippen molar-refractivity contribution in [3.05, 3.63) is 87.4 Å². The number of hydrogen-bond donors (Lipinski definition) is 1. The molecule has 1 atom stereocenters. The lowest BCUT2D eigenvalue weighted by Crippen LogP contribution is -2.34. The van der Waals surface area contributed by atoms with Crippen molar-refractivity contribution in [1.29, 1.82) is 5.26 Å². The van der Waals surface area contributed by atoms with Crippen LogP contribution in [0, 0.1) is 11.3 Å². The fourth-order valence-electron chi connectivity index (χ4n) is 4.79. The summed E-state index contributed by atoms with van der Waals surface area (Å²) >= 11 is 6.34. The minimum atomic E-state index is -0.207. The molecule has 5 heterocycles. The third kappa shape index (κ3) is 3.73. The number of nitrogens with zero attached hydrogens (tertiary/aromatic N) is 7. The Morgan fingerprint density at radius 3 is 2.83 bits per heavy atom. The second kappa shape index (κ2) is 9.09. The van der Waals surface area contributed by atoms with Crippen molar-refractivity contribution >= 4 is 47.5 Å². The zero-order valence-electron chi connectivity index (χ0n) is 18.5. The number of hydrogen-bond acceptors (Lipinski definition) is 6. The Bertz CT molecular complexity index is 1630. The second-order valence-corrected chi connectivity index (χ2v) is 8.69. The summed E-state index contributed by atoms with van der Waals surface area (Å²) in [5.41, 5.74) is 2.25. The molecule has 6 rings (SSSR count). The summed E-state index contributed by atoms with van der Waals surface area (Å²) in [6.07, 6.45) is 6.53. The van der Waals surface area contributed by atoms with Gasteiger partial charge in [0.15, 0.2) is 5.82 Å². The minimum absolute atomic E-state index is 0. The van der Waals surface area contributed by atoms with Crippen LogP contribution in [0.4, 0.5) is 5.82 Å². The zero-order valence-corrected chi connectivity index (χ0v) is 20.3. The van der Waals surface area contributed by atoms with Crippen LogP contribution in [0.5, 0.6) is 0 Å². The summed E-state index contributed by atoms with van der Waals surface area (Å²) in [6, 6.07) is 13.5. The quantitative estimate of drug-likeness (QED) is 0.399. The fraction of sp³-hybridized carbons (Fsp3) is 0.208. The first-order chi connectivity index (χ1) is 16.7. The SMILES string of the molecule is N#Cc1c[nH]c2ncnc(N3CCC[C@H]3c3nn4ccc(Cl)c4c(=O)n3Cc3ccccc3)c12.S. The van der Waals surface area contributed by atoms with Gasteiger partial charge in [-0.25, -0.2) is 14.5 Å². The van der Waals surface area contributed by atoms with E-state index in [4.69, 9.17) is 16.7 Å². The number of nitriles is 1. The Morgan fingerprint density at radius 2 is 2.03 bits per heavy atom. The number of rotatable bonds is 4. The first-order valence-corrected chi connectivity index (χ1v) is 11.3. The molecule has 9 nitrogen and oxygen atoms in total. The maximum atomic E-state index is 13.6. The lowest BCUT2D eigenvalue weighted by atomic mass is 10.1. The van der Waals surface area contributed by atoms with Gasteiger partial charge in [0.05, 0.1) is 28.6 Å². The number of H-pyrrole nitrogens is 1. The number of halogens is 1. The fourth-order valence-corrected chi connectivity index (χ4v) is 5.01. The van der Waals surface area contributed by atoms with E-state index in [1.54, 1.807) is 27.5 Å². The molecule has 35 heavy (non-hydrogen) atoms. The van der Waals surface area contributed by atoms with Gasteiger partial charge in [0.2, 0.25) is 0 Å². The molecular formula is C24H21ClN8OS. The van der Waals surface area contributed by atoms with E-state index in [0.717, 1.165) is 24.9 Å². The number of nitrogens with one attached hydrogen (secondary N) is 1. The molecule has 4 aromatic heterocycles. The van der Waals surface area contributed by atoms with Crippen LogP contribution in [-0.4, -0.2) is 35.7 Å². The molecule has 11 heteroatoms. The van der Waals surface area contributed by atoms with Crippen LogP contribution < -0.4 is 10.5 Å². The highest BCUT2D eigenvalue weighted by Crippen LogP contribution is 2.38. The van der Waals surface area contributed by atoms with Gasteiger partial charge in [-0.05, 0) is 24.5 Å².